The standard InChI is InChI=1S/C13H16O3S/c1-3-16-13(15)12-6-4-11(5-7-12)9-17-8-10(2)14/h4-7H,3,8-9H2,1-2H3. The first-order valence-corrected chi connectivity index (χ1v) is 6.62. The number of ether oxygens (including phenoxy) is 1. The summed E-state index contributed by atoms with van der Waals surface area (Å²) >= 11 is 1.57. The number of esters is 1. The van der Waals surface area contributed by atoms with Crippen LogP contribution < -0.4 is 0 Å². The molecule has 0 fully saturated rings. The van der Waals surface area contributed by atoms with E-state index in [1.165, 1.54) is 0 Å². The molecule has 0 unspecified atom stereocenters. The van der Waals surface area contributed by atoms with Crippen LogP contribution in [0.25, 0.3) is 0 Å². The van der Waals surface area contributed by atoms with E-state index in [0.29, 0.717) is 17.9 Å². The Balaban J connectivity index is 2.50. The highest BCUT2D eigenvalue weighted by molar-refractivity contribution is 7.99. The second kappa shape index (κ2) is 7.12. The molecule has 1 aromatic carbocycles. The van der Waals surface area contributed by atoms with Crippen LogP contribution in [0.15, 0.2) is 24.3 Å². The van der Waals surface area contributed by atoms with Crippen molar-refractivity contribution in [2.75, 3.05) is 12.4 Å². The van der Waals surface area contributed by atoms with Crippen LogP contribution in [-0.2, 0) is 15.3 Å². The van der Waals surface area contributed by atoms with E-state index in [2.05, 4.69) is 0 Å². The lowest BCUT2D eigenvalue weighted by molar-refractivity contribution is -0.114. The molecule has 0 amide bonds. The summed E-state index contributed by atoms with van der Waals surface area (Å²) in [4.78, 5) is 22.2. The number of carbonyl (C=O) groups is 2. The fourth-order valence-corrected chi connectivity index (χ4v) is 2.08. The number of ketones is 1. The van der Waals surface area contributed by atoms with Gasteiger partial charge in [0.2, 0.25) is 0 Å². The number of hydrogen-bond acceptors (Lipinski definition) is 4. The summed E-state index contributed by atoms with van der Waals surface area (Å²) in [5.41, 5.74) is 1.66. The molecule has 1 aromatic rings. The SMILES string of the molecule is CCOC(=O)c1ccc(CSCC(C)=O)cc1. The van der Waals surface area contributed by atoms with Crippen LogP contribution in [0.1, 0.15) is 29.8 Å². The van der Waals surface area contributed by atoms with E-state index in [-0.39, 0.29) is 11.8 Å². The Bertz CT molecular complexity index is 384. The van der Waals surface area contributed by atoms with Crippen LogP contribution in [0, 0.1) is 0 Å². The molecule has 1 rings (SSSR count). The molecular formula is C13H16O3S. The van der Waals surface area contributed by atoms with Gasteiger partial charge in [-0.25, -0.2) is 4.79 Å². The fourth-order valence-electron chi connectivity index (χ4n) is 1.26. The third kappa shape index (κ3) is 5.04. The molecule has 0 aliphatic heterocycles. The second-order valence-corrected chi connectivity index (χ2v) is 4.60. The number of hydrogen-bond donors (Lipinski definition) is 0. The zero-order chi connectivity index (χ0) is 12.7. The quantitative estimate of drug-likeness (QED) is 0.730. The van der Waals surface area contributed by atoms with Gasteiger partial charge in [-0.2, -0.15) is 0 Å². The largest absolute Gasteiger partial charge is 0.462 e. The Morgan fingerprint density at radius 1 is 1.24 bits per heavy atom. The number of rotatable bonds is 6. The molecule has 0 N–H and O–H groups in total. The maximum atomic E-state index is 11.4. The molecule has 0 saturated carbocycles. The fraction of sp³-hybridized carbons (Fsp3) is 0.385. The van der Waals surface area contributed by atoms with Crippen LogP contribution in [0.2, 0.25) is 0 Å². The number of carbonyl (C=O) groups excluding carboxylic acids is 2. The highest BCUT2D eigenvalue weighted by Gasteiger charge is 2.05. The molecule has 0 atom stereocenters. The lowest BCUT2D eigenvalue weighted by atomic mass is 10.1. The summed E-state index contributed by atoms with van der Waals surface area (Å²) in [5, 5.41) is 0. The molecule has 4 heteroatoms. The predicted octanol–water partition coefficient (Wildman–Crippen LogP) is 2.69. The van der Waals surface area contributed by atoms with E-state index in [0.717, 1.165) is 11.3 Å². The number of Topliss-reactive ketones (excluding diaryl/α,β-unsaturated/α-hetero) is 1. The normalized spacial score (nSPS) is 10.0. The Labute approximate surface area is 106 Å². The minimum atomic E-state index is -0.296. The number of thioether (sulfide) groups is 1. The maximum absolute atomic E-state index is 11.4. The highest BCUT2D eigenvalue weighted by atomic mass is 32.2. The van der Waals surface area contributed by atoms with Gasteiger partial charge < -0.3 is 4.74 Å². The van der Waals surface area contributed by atoms with Crippen LogP contribution in [0.3, 0.4) is 0 Å². The Morgan fingerprint density at radius 2 is 1.88 bits per heavy atom. The molecule has 0 bridgehead atoms. The average Bonchev–Trinajstić information content (AvgIpc) is 2.30. The molecule has 0 saturated heterocycles. The first-order chi connectivity index (χ1) is 8.13. The van der Waals surface area contributed by atoms with Gasteiger partial charge in [0.15, 0.2) is 0 Å². The van der Waals surface area contributed by atoms with Crippen molar-refractivity contribution in [2.45, 2.75) is 19.6 Å². The van der Waals surface area contributed by atoms with Crippen molar-refractivity contribution >= 4 is 23.5 Å². The van der Waals surface area contributed by atoms with Crippen LogP contribution in [0.4, 0.5) is 0 Å². The summed E-state index contributed by atoms with van der Waals surface area (Å²) in [6.45, 7) is 3.75. The molecule has 0 aromatic heterocycles. The van der Waals surface area contributed by atoms with Gasteiger partial charge in [0, 0.05) is 5.75 Å². The van der Waals surface area contributed by atoms with E-state index < -0.39 is 0 Å². The van der Waals surface area contributed by atoms with Crippen LogP contribution in [0.5, 0.6) is 0 Å². The van der Waals surface area contributed by atoms with Crippen molar-refractivity contribution < 1.29 is 14.3 Å². The van der Waals surface area contributed by atoms with E-state index in [4.69, 9.17) is 4.74 Å². The summed E-state index contributed by atoms with van der Waals surface area (Å²) in [6.07, 6.45) is 0. The second-order valence-electron chi connectivity index (χ2n) is 3.61. The van der Waals surface area contributed by atoms with Crippen molar-refractivity contribution in [3.05, 3.63) is 35.4 Å². The first kappa shape index (κ1) is 13.8. The van der Waals surface area contributed by atoms with E-state index >= 15 is 0 Å². The van der Waals surface area contributed by atoms with Crippen LogP contribution >= 0.6 is 11.8 Å². The van der Waals surface area contributed by atoms with Gasteiger partial charge in [-0.1, -0.05) is 12.1 Å². The topological polar surface area (TPSA) is 43.4 Å². The highest BCUT2D eigenvalue weighted by Crippen LogP contribution is 2.13. The van der Waals surface area contributed by atoms with Gasteiger partial charge in [-0.15, -0.1) is 11.8 Å². The van der Waals surface area contributed by atoms with Crippen LogP contribution in [-0.4, -0.2) is 24.1 Å². The van der Waals surface area contributed by atoms with Gasteiger partial charge in [0.05, 0.1) is 17.9 Å². The Hall–Kier alpha value is -1.29. The van der Waals surface area contributed by atoms with Gasteiger partial charge in [0.1, 0.15) is 5.78 Å². The molecule has 0 radical (unpaired) electrons. The Morgan fingerprint density at radius 3 is 2.41 bits per heavy atom. The molecule has 0 aliphatic carbocycles. The molecule has 3 nitrogen and oxygen atoms in total. The van der Waals surface area contributed by atoms with Gasteiger partial charge in [-0.05, 0) is 31.5 Å². The molecule has 0 heterocycles. The van der Waals surface area contributed by atoms with Crippen molar-refractivity contribution in [3.63, 3.8) is 0 Å². The lowest BCUT2D eigenvalue weighted by Gasteiger charge is -2.03. The van der Waals surface area contributed by atoms with Crippen molar-refractivity contribution in [2.24, 2.45) is 0 Å². The minimum Gasteiger partial charge on any atom is -0.462 e. The molecule has 0 aliphatic rings. The summed E-state index contributed by atoms with van der Waals surface area (Å²) in [6, 6.07) is 7.28. The van der Waals surface area contributed by atoms with Gasteiger partial charge in [-0.3, -0.25) is 4.79 Å². The molecular weight excluding hydrogens is 236 g/mol. The summed E-state index contributed by atoms with van der Waals surface area (Å²) in [7, 11) is 0. The third-order valence-corrected chi connectivity index (χ3v) is 3.19. The van der Waals surface area contributed by atoms with Crippen molar-refractivity contribution in [3.8, 4) is 0 Å². The monoisotopic (exact) mass is 252 g/mol. The van der Waals surface area contributed by atoms with Gasteiger partial charge in [0.25, 0.3) is 0 Å². The smallest absolute Gasteiger partial charge is 0.338 e. The van der Waals surface area contributed by atoms with E-state index in [9.17, 15) is 9.59 Å². The lowest BCUT2D eigenvalue weighted by Crippen LogP contribution is -2.04. The average molecular weight is 252 g/mol. The number of benzene rings is 1. The maximum Gasteiger partial charge on any atom is 0.338 e. The predicted molar refractivity (Wildman–Crippen MR) is 69.2 cm³/mol. The van der Waals surface area contributed by atoms with Gasteiger partial charge >= 0.3 is 5.97 Å². The van der Waals surface area contributed by atoms with Crippen molar-refractivity contribution in [1.29, 1.82) is 0 Å². The minimum absolute atomic E-state index is 0.179. The molecule has 17 heavy (non-hydrogen) atoms. The first-order valence-electron chi connectivity index (χ1n) is 5.46. The summed E-state index contributed by atoms with van der Waals surface area (Å²) < 4.78 is 4.89. The van der Waals surface area contributed by atoms with Crippen molar-refractivity contribution in [1.82, 2.24) is 0 Å². The molecule has 92 valence electrons. The Kier molecular flexibility index (Phi) is 5.77. The molecule has 0 spiro atoms. The summed E-state index contributed by atoms with van der Waals surface area (Å²) in [5.74, 6) is 1.19. The third-order valence-electron chi connectivity index (χ3n) is 2.04. The zero-order valence-corrected chi connectivity index (χ0v) is 10.9. The zero-order valence-electron chi connectivity index (χ0n) is 10.1. The van der Waals surface area contributed by atoms with E-state index in [1.54, 1.807) is 37.7 Å². The van der Waals surface area contributed by atoms with E-state index in [1.807, 2.05) is 12.1 Å².